The first-order valence-corrected chi connectivity index (χ1v) is 7.82. The van der Waals surface area contributed by atoms with Crippen LogP contribution >= 0.6 is 0 Å². The predicted molar refractivity (Wildman–Crippen MR) is 83.9 cm³/mol. The number of methoxy groups -OCH3 is 1. The van der Waals surface area contributed by atoms with E-state index in [-0.39, 0.29) is 11.9 Å². The van der Waals surface area contributed by atoms with Gasteiger partial charge in [0.25, 0.3) is 5.91 Å². The maximum absolute atomic E-state index is 12.3. The van der Waals surface area contributed by atoms with Crippen molar-refractivity contribution in [1.29, 1.82) is 0 Å². The van der Waals surface area contributed by atoms with E-state index >= 15 is 0 Å². The van der Waals surface area contributed by atoms with E-state index in [1.54, 1.807) is 13.2 Å². The summed E-state index contributed by atoms with van der Waals surface area (Å²) in [5, 5.41) is 11.5. The van der Waals surface area contributed by atoms with Gasteiger partial charge in [0.1, 0.15) is 18.1 Å². The van der Waals surface area contributed by atoms with Crippen LogP contribution in [-0.4, -0.2) is 38.8 Å². The third-order valence-electron chi connectivity index (χ3n) is 4.05. The minimum Gasteiger partial charge on any atom is -0.377 e. The average molecular weight is 315 g/mol. The fraction of sp³-hybridized carbons (Fsp3) is 0.500. The zero-order chi connectivity index (χ0) is 16.2. The first kappa shape index (κ1) is 15.6. The summed E-state index contributed by atoms with van der Waals surface area (Å²) in [5.41, 5.74) is 1.31. The summed E-state index contributed by atoms with van der Waals surface area (Å²) in [6, 6.07) is 5.58. The van der Waals surface area contributed by atoms with E-state index in [9.17, 15) is 4.79 Å². The van der Waals surface area contributed by atoms with Crippen LogP contribution in [0, 0.1) is 6.92 Å². The molecule has 0 aromatic carbocycles. The van der Waals surface area contributed by atoms with Crippen molar-refractivity contribution in [2.45, 2.75) is 45.4 Å². The Balaban J connectivity index is 1.64. The Kier molecular flexibility index (Phi) is 4.66. The Morgan fingerprint density at radius 1 is 1.39 bits per heavy atom. The monoisotopic (exact) mass is 315 g/mol. The fourth-order valence-corrected chi connectivity index (χ4v) is 2.86. The van der Waals surface area contributed by atoms with Crippen molar-refractivity contribution in [3.05, 3.63) is 41.2 Å². The largest absolute Gasteiger partial charge is 0.377 e. The molecule has 7 heteroatoms. The number of rotatable bonds is 4. The molecule has 0 spiro atoms. The molecule has 0 bridgehead atoms. The highest BCUT2D eigenvalue weighted by Crippen LogP contribution is 2.16. The zero-order valence-corrected chi connectivity index (χ0v) is 13.5. The summed E-state index contributed by atoms with van der Waals surface area (Å²) in [6.45, 7) is 3.12. The van der Waals surface area contributed by atoms with Gasteiger partial charge in [-0.3, -0.25) is 4.79 Å². The number of hydrogen-bond acceptors (Lipinski definition) is 5. The topological polar surface area (TPSA) is 81.9 Å². The number of aryl methyl sites for hydroxylation is 2. The molecule has 7 nitrogen and oxygen atoms in total. The smallest absolute Gasteiger partial charge is 0.270 e. The summed E-state index contributed by atoms with van der Waals surface area (Å²) in [5.74, 6) is 1.69. The number of nitrogens with one attached hydrogen (secondary N) is 1. The number of carbonyl (C=O) groups is 1. The molecule has 0 fully saturated rings. The Morgan fingerprint density at radius 3 is 3.04 bits per heavy atom. The van der Waals surface area contributed by atoms with Crippen molar-refractivity contribution in [2.75, 3.05) is 7.11 Å². The molecule has 1 aliphatic heterocycles. The van der Waals surface area contributed by atoms with Gasteiger partial charge in [0.2, 0.25) is 0 Å². The molecule has 1 atom stereocenters. The highest BCUT2D eigenvalue weighted by atomic mass is 16.5. The van der Waals surface area contributed by atoms with Crippen LogP contribution < -0.4 is 5.32 Å². The maximum atomic E-state index is 12.3. The molecular formula is C16H21N5O2. The lowest BCUT2D eigenvalue weighted by atomic mass is 10.1. The van der Waals surface area contributed by atoms with Crippen LogP contribution in [0.2, 0.25) is 0 Å². The van der Waals surface area contributed by atoms with Crippen LogP contribution in [-0.2, 0) is 24.3 Å². The molecule has 1 amide bonds. The normalized spacial score (nSPS) is 17.4. The number of nitrogens with zero attached hydrogens (tertiary/aromatic N) is 4. The number of carbonyl (C=O) groups excluding carboxylic acids is 1. The second-order valence-corrected chi connectivity index (χ2v) is 5.78. The van der Waals surface area contributed by atoms with Gasteiger partial charge in [0.15, 0.2) is 5.82 Å². The van der Waals surface area contributed by atoms with E-state index < -0.39 is 0 Å². The molecule has 0 radical (unpaired) electrons. The molecule has 2 aromatic rings. The maximum Gasteiger partial charge on any atom is 0.270 e. The van der Waals surface area contributed by atoms with Gasteiger partial charge in [-0.2, -0.15) is 0 Å². The average Bonchev–Trinajstić information content (AvgIpc) is 2.80. The minimum absolute atomic E-state index is 0.113. The van der Waals surface area contributed by atoms with E-state index in [1.165, 1.54) is 0 Å². The lowest BCUT2D eigenvalue weighted by Crippen LogP contribution is -2.35. The molecule has 0 saturated carbocycles. The zero-order valence-electron chi connectivity index (χ0n) is 13.5. The van der Waals surface area contributed by atoms with Crippen molar-refractivity contribution in [3.63, 3.8) is 0 Å². The van der Waals surface area contributed by atoms with Crippen LogP contribution in [0.15, 0.2) is 18.2 Å². The SMILES string of the molecule is COCc1nnc2n1CCC(NC(=O)c1cccc(C)n1)CC2. The second-order valence-electron chi connectivity index (χ2n) is 5.78. The molecule has 0 saturated heterocycles. The lowest BCUT2D eigenvalue weighted by molar-refractivity contribution is 0.0927. The molecular weight excluding hydrogens is 294 g/mol. The van der Waals surface area contributed by atoms with Crippen LogP contribution in [0.4, 0.5) is 0 Å². The third kappa shape index (κ3) is 3.56. The molecule has 0 aliphatic carbocycles. The Labute approximate surface area is 135 Å². The van der Waals surface area contributed by atoms with Crippen molar-refractivity contribution in [2.24, 2.45) is 0 Å². The molecule has 2 aromatic heterocycles. The van der Waals surface area contributed by atoms with Crippen molar-refractivity contribution >= 4 is 5.91 Å². The highest BCUT2D eigenvalue weighted by molar-refractivity contribution is 5.92. The Bertz CT molecular complexity index is 698. The minimum atomic E-state index is -0.117. The Hall–Kier alpha value is -2.28. The molecule has 1 unspecified atom stereocenters. The third-order valence-corrected chi connectivity index (χ3v) is 4.05. The molecule has 122 valence electrons. The van der Waals surface area contributed by atoms with Gasteiger partial charge < -0.3 is 14.6 Å². The molecule has 23 heavy (non-hydrogen) atoms. The number of amides is 1. The lowest BCUT2D eigenvalue weighted by Gasteiger charge is -2.16. The van der Waals surface area contributed by atoms with Gasteiger partial charge in [-0.15, -0.1) is 10.2 Å². The first-order valence-electron chi connectivity index (χ1n) is 7.82. The number of hydrogen-bond donors (Lipinski definition) is 1. The van der Waals surface area contributed by atoms with Gasteiger partial charge in [-0.25, -0.2) is 4.98 Å². The van der Waals surface area contributed by atoms with Crippen LogP contribution in [0.5, 0.6) is 0 Å². The van der Waals surface area contributed by atoms with Gasteiger partial charge in [0, 0.05) is 31.8 Å². The van der Waals surface area contributed by atoms with Crippen LogP contribution in [0.25, 0.3) is 0 Å². The number of aromatic nitrogens is 4. The quantitative estimate of drug-likeness (QED) is 0.918. The summed E-state index contributed by atoms with van der Waals surface area (Å²) in [6.07, 6.45) is 2.49. The number of pyridine rings is 1. The van der Waals surface area contributed by atoms with E-state index in [0.717, 1.165) is 43.1 Å². The van der Waals surface area contributed by atoms with Gasteiger partial charge in [0.05, 0.1) is 0 Å². The van der Waals surface area contributed by atoms with Crippen molar-refractivity contribution in [1.82, 2.24) is 25.1 Å². The van der Waals surface area contributed by atoms with Crippen LogP contribution in [0.1, 0.15) is 40.7 Å². The van der Waals surface area contributed by atoms with E-state index in [1.807, 2.05) is 19.1 Å². The molecule has 3 heterocycles. The molecule has 1 N–H and O–H groups in total. The van der Waals surface area contributed by atoms with Gasteiger partial charge in [-0.1, -0.05) is 6.07 Å². The van der Waals surface area contributed by atoms with E-state index in [4.69, 9.17) is 4.74 Å². The summed E-state index contributed by atoms with van der Waals surface area (Å²) in [4.78, 5) is 16.6. The first-order chi connectivity index (χ1) is 11.2. The highest BCUT2D eigenvalue weighted by Gasteiger charge is 2.22. The summed E-state index contributed by atoms with van der Waals surface area (Å²) < 4.78 is 7.25. The molecule has 3 rings (SSSR count). The van der Waals surface area contributed by atoms with Gasteiger partial charge >= 0.3 is 0 Å². The fourth-order valence-electron chi connectivity index (χ4n) is 2.86. The summed E-state index contributed by atoms with van der Waals surface area (Å²) >= 11 is 0. The van der Waals surface area contributed by atoms with E-state index in [0.29, 0.717) is 12.3 Å². The van der Waals surface area contributed by atoms with E-state index in [2.05, 4.69) is 25.1 Å². The molecule has 1 aliphatic rings. The number of ether oxygens (including phenoxy) is 1. The second kappa shape index (κ2) is 6.87. The Morgan fingerprint density at radius 2 is 2.26 bits per heavy atom. The number of fused-ring (bicyclic) bond motifs is 1. The summed E-state index contributed by atoms with van der Waals surface area (Å²) in [7, 11) is 1.65. The van der Waals surface area contributed by atoms with Crippen LogP contribution in [0.3, 0.4) is 0 Å². The predicted octanol–water partition coefficient (Wildman–Crippen LogP) is 1.26. The standard InChI is InChI=1S/C16H21N5O2/c1-11-4-3-5-13(17-11)16(22)18-12-6-7-14-19-20-15(10-23-2)21(14)9-8-12/h3-5,12H,6-10H2,1-2H3,(H,18,22). The van der Waals surface area contributed by atoms with Crippen molar-refractivity contribution < 1.29 is 9.53 Å². The van der Waals surface area contributed by atoms with Gasteiger partial charge in [-0.05, 0) is 31.9 Å². The van der Waals surface area contributed by atoms with Crippen molar-refractivity contribution in [3.8, 4) is 0 Å².